The first-order chi connectivity index (χ1) is 9.58. The van der Waals surface area contributed by atoms with Gasteiger partial charge < -0.3 is 10.4 Å². The Balaban J connectivity index is 1.94. The summed E-state index contributed by atoms with van der Waals surface area (Å²) in [7, 11) is 0. The van der Waals surface area contributed by atoms with Crippen molar-refractivity contribution in [1.82, 2.24) is 15.1 Å². The zero-order chi connectivity index (χ0) is 14.5. The van der Waals surface area contributed by atoms with E-state index >= 15 is 0 Å². The van der Waals surface area contributed by atoms with Crippen molar-refractivity contribution in [3.63, 3.8) is 0 Å². The van der Waals surface area contributed by atoms with Crippen molar-refractivity contribution in [1.29, 1.82) is 0 Å². The third-order valence-electron chi connectivity index (χ3n) is 3.81. The average Bonchev–Trinajstić information content (AvgIpc) is 2.78. The lowest BCUT2D eigenvalue weighted by Crippen LogP contribution is -2.38. The molecule has 1 aliphatic rings. The minimum atomic E-state index is -1.08. The summed E-state index contributed by atoms with van der Waals surface area (Å²) in [6, 6.07) is 1.14. The number of carboxylic acid groups (broad SMARTS) is 1. The van der Waals surface area contributed by atoms with Gasteiger partial charge in [-0.3, -0.25) is 9.48 Å². The number of nitrogens with zero attached hydrogens (tertiary/aromatic N) is 2. The van der Waals surface area contributed by atoms with Gasteiger partial charge in [0.25, 0.3) is 0 Å². The molecule has 1 atom stereocenters. The molecule has 0 radical (unpaired) electrons. The van der Waals surface area contributed by atoms with Gasteiger partial charge in [0, 0.05) is 12.2 Å². The van der Waals surface area contributed by atoms with Crippen LogP contribution in [0.2, 0.25) is 0 Å². The van der Waals surface area contributed by atoms with E-state index in [1.807, 2.05) is 0 Å². The lowest BCUT2D eigenvalue weighted by Gasteiger charge is -2.19. The van der Waals surface area contributed by atoms with E-state index in [4.69, 9.17) is 5.11 Å². The summed E-state index contributed by atoms with van der Waals surface area (Å²) in [6.07, 6.45) is 8.37. The van der Waals surface area contributed by atoms with E-state index in [0.29, 0.717) is 0 Å². The summed E-state index contributed by atoms with van der Waals surface area (Å²) in [6.45, 7) is 1.73. The van der Waals surface area contributed by atoms with Crippen molar-refractivity contribution < 1.29 is 14.7 Å². The molecule has 1 saturated carbocycles. The van der Waals surface area contributed by atoms with Gasteiger partial charge in [0.15, 0.2) is 5.69 Å². The number of carboxylic acids is 1. The summed E-state index contributed by atoms with van der Waals surface area (Å²) in [5, 5.41) is 15.8. The molecule has 0 spiro atoms. The van der Waals surface area contributed by atoms with Gasteiger partial charge in [0.2, 0.25) is 5.91 Å². The van der Waals surface area contributed by atoms with Gasteiger partial charge in [-0.1, -0.05) is 25.7 Å². The summed E-state index contributed by atoms with van der Waals surface area (Å²) >= 11 is 0. The zero-order valence-electron chi connectivity index (χ0n) is 11.7. The third-order valence-corrected chi connectivity index (χ3v) is 3.81. The number of carbonyl (C=O) groups excluding carboxylic acids is 1. The monoisotopic (exact) mass is 279 g/mol. The quantitative estimate of drug-likeness (QED) is 0.825. The van der Waals surface area contributed by atoms with Crippen molar-refractivity contribution in [2.45, 2.75) is 57.5 Å². The van der Waals surface area contributed by atoms with Crippen molar-refractivity contribution in [2.75, 3.05) is 0 Å². The normalized spacial score (nSPS) is 18.2. The van der Waals surface area contributed by atoms with Crippen LogP contribution in [0.5, 0.6) is 0 Å². The van der Waals surface area contributed by atoms with E-state index in [0.717, 1.165) is 25.7 Å². The summed E-state index contributed by atoms with van der Waals surface area (Å²) in [5.41, 5.74) is -0.0425. The van der Waals surface area contributed by atoms with Gasteiger partial charge in [-0.15, -0.1) is 0 Å². The Labute approximate surface area is 118 Å². The number of aromatic nitrogens is 2. The second-order valence-electron chi connectivity index (χ2n) is 5.36. The number of nitrogens with one attached hydrogen (secondary N) is 1. The standard InChI is InChI=1S/C14H21N3O3/c1-10(17-9-8-12(16-17)14(19)20)13(18)15-11-6-4-2-3-5-7-11/h8-11H,2-7H2,1H3,(H,15,18)(H,19,20). The summed E-state index contributed by atoms with van der Waals surface area (Å²) in [4.78, 5) is 23.0. The lowest BCUT2D eigenvalue weighted by molar-refractivity contribution is -0.124. The molecule has 2 rings (SSSR count). The van der Waals surface area contributed by atoms with Crippen LogP contribution in [0.25, 0.3) is 0 Å². The van der Waals surface area contributed by atoms with Crippen LogP contribution in [-0.2, 0) is 4.79 Å². The molecular weight excluding hydrogens is 258 g/mol. The Morgan fingerprint density at radius 3 is 2.55 bits per heavy atom. The van der Waals surface area contributed by atoms with Crippen LogP contribution in [-0.4, -0.2) is 32.8 Å². The number of amides is 1. The van der Waals surface area contributed by atoms with Crippen LogP contribution in [0.3, 0.4) is 0 Å². The molecule has 1 amide bonds. The predicted octanol–water partition coefficient (Wildman–Crippen LogP) is 1.98. The first-order valence-electron chi connectivity index (χ1n) is 7.17. The van der Waals surface area contributed by atoms with Gasteiger partial charge in [-0.2, -0.15) is 5.10 Å². The minimum absolute atomic E-state index is 0.0425. The maximum atomic E-state index is 12.2. The number of hydrogen-bond donors (Lipinski definition) is 2. The number of aromatic carboxylic acids is 1. The smallest absolute Gasteiger partial charge is 0.356 e. The first-order valence-corrected chi connectivity index (χ1v) is 7.17. The number of rotatable bonds is 4. The lowest BCUT2D eigenvalue weighted by atomic mass is 10.1. The van der Waals surface area contributed by atoms with E-state index in [2.05, 4.69) is 10.4 Å². The molecule has 6 heteroatoms. The molecule has 0 saturated heterocycles. The Morgan fingerprint density at radius 2 is 2.00 bits per heavy atom. The van der Waals surface area contributed by atoms with Crippen LogP contribution in [0, 0.1) is 0 Å². The van der Waals surface area contributed by atoms with Crippen LogP contribution >= 0.6 is 0 Å². The van der Waals surface area contributed by atoms with E-state index in [1.54, 1.807) is 6.92 Å². The molecule has 1 aliphatic carbocycles. The molecule has 2 N–H and O–H groups in total. The highest BCUT2D eigenvalue weighted by Crippen LogP contribution is 2.18. The highest BCUT2D eigenvalue weighted by molar-refractivity contribution is 5.85. The molecule has 110 valence electrons. The highest BCUT2D eigenvalue weighted by atomic mass is 16.4. The van der Waals surface area contributed by atoms with Gasteiger partial charge in [-0.25, -0.2) is 4.79 Å². The molecule has 1 aromatic heterocycles. The van der Waals surface area contributed by atoms with Crippen LogP contribution < -0.4 is 5.32 Å². The second kappa shape index (κ2) is 6.54. The molecule has 6 nitrogen and oxygen atoms in total. The SMILES string of the molecule is CC(C(=O)NC1CCCCCC1)n1ccc(C(=O)O)n1. The molecule has 20 heavy (non-hydrogen) atoms. The molecule has 0 aliphatic heterocycles. The third kappa shape index (κ3) is 3.59. The van der Waals surface area contributed by atoms with Crippen LogP contribution in [0.1, 0.15) is 62.0 Å². The largest absolute Gasteiger partial charge is 0.476 e. The van der Waals surface area contributed by atoms with Crippen molar-refractivity contribution >= 4 is 11.9 Å². The van der Waals surface area contributed by atoms with E-state index in [-0.39, 0.29) is 17.6 Å². The van der Waals surface area contributed by atoms with E-state index in [9.17, 15) is 9.59 Å². The van der Waals surface area contributed by atoms with Crippen molar-refractivity contribution in [3.05, 3.63) is 18.0 Å². The van der Waals surface area contributed by atoms with Gasteiger partial charge in [0.05, 0.1) is 0 Å². The minimum Gasteiger partial charge on any atom is -0.476 e. The van der Waals surface area contributed by atoms with Gasteiger partial charge >= 0.3 is 5.97 Å². The second-order valence-corrected chi connectivity index (χ2v) is 5.36. The fraction of sp³-hybridized carbons (Fsp3) is 0.643. The molecule has 1 heterocycles. The Bertz CT molecular complexity index is 476. The molecule has 0 bridgehead atoms. The fourth-order valence-corrected chi connectivity index (χ4v) is 2.53. The number of hydrogen-bond acceptors (Lipinski definition) is 3. The Kier molecular flexibility index (Phi) is 4.76. The fourth-order valence-electron chi connectivity index (χ4n) is 2.53. The molecule has 1 aromatic rings. The van der Waals surface area contributed by atoms with E-state index in [1.165, 1.54) is 29.8 Å². The zero-order valence-corrected chi connectivity index (χ0v) is 11.7. The van der Waals surface area contributed by atoms with Crippen LogP contribution in [0.4, 0.5) is 0 Å². The maximum Gasteiger partial charge on any atom is 0.356 e. The van der Waals surface area contributed by atoms with Gasteiger partial charge in [0.1, 0.15) is 6.04 Å². The molecule has 0 aromatic carbocycles. The van der Waals surface area contributed by atoms with Gasteiger partial charge in [-0.05, 0) is 25.8 Å². The predicted molar refractivity (Wildman–Crippen MR) is 73.5 cm³/mol. The molecule has 1 fully saturated rings. The molecule has 1 unspecified atom stereocenters. The maximum absolute atomic E-state index is 12.2. The average molecular weight is 279 g/mol. The number of carbonyl (C=O) groups is 2. The molecular formula is C14H21N3O3. The van der Waals surface area contributed by atoms with Crippen LogP contribution in [0.15, 0.2) is 12.3 Å². The summed E-state index contributed by atoms with van der Waals surface area (Å²) < 4.78 is 1.40. The summed E-state index contributed by atoms with van der Waals surface area (Å²) in [5.74, 6) is -1.18. The Hall–Kier alpha value is -1.85. The first kappa shape index (κ1) is 14.6. The van der Waals surface area contributed by atoms with Crippen molar-refractivity contribution in [2.24, 2.45) is 0 Å². The Morgan fingerprint density at radius 1 is 1.35 bits per heavy atom. The van der Waals surface area contributed by atoms with Crippen molar-refractivity contribution in [3.8, 4) is 0 Å². The topological polar surface area (TPSA) is 84.2 Å². The van der Waals surface area contributed by atoms with E-state index < -0.39 is 12.0 Å². The highest BCUT2D eigenvalue weighted by Gasteiger charge is 2.21.